The van der Waals surface area contributed by atoms with Gasteiger partial charge in [0.2, 0.25) is 0 Å². The Hall–Kier alpha value is -2.56. The third-order valence-electron chi connectivity index (χ3n) is 2.78. The van der Waals surface area contributed by atoms with Crippen molar-refractivity contribution in [1.29, 1.82) is 0 Å². The van der Waals surface area contributed by atoms with Gasteiger partial charge in [-0.3, -0.25) is 9.78 Å². The predicted molar refractivity (Wildman–Crippen MR) is 69.9 cm³/mol. The number of hydrogen-bond donors (Lipinski definition) is 3. The Morgan fingerprint density at radius 2 is 1.89 bits per heavy atom. The van der Waals surface area contributed by atoms with Crippen LogP contribution in [0, 0.1) is 0 Å². The van der Waals surface area contributed by atoms with Crippen LogP contribution < -0.4 is 5.32 Å². The zero-order chi connectivity index (χ0) is 13.8. The fraction of sp³-hybridized carbons (Fsp3) is 0.143. The van der Waals surface area contributed by atoms with E-state index in [1.165, 1.54) is 18.2 Å². The molecule has 1 heterocycles. The number of aromatic nitrogens is 1. The normalized spacial score (nSPS) is 11.8. The van der Waals surface area contributed by atoms with E-state index in [1.54, 1.807) is 24.5 Å². The van der Waals surface area contributed by atoms with Gasteiger partial charge in [0, 0.05) is 12.4 Å². The average molecular weight is 258 g/mol. The first-order valence-electron chi connectivity index (χ1n) is 5.80. The van der Waals surface area contributed by atoms with Crippen molar-refractivity contribution < 1.29 is 15.0 Å². The maximum Gasteiger partial charge on any atom is 0.255 e. The first-order valence-corrected chi connectivity index (χ1v) is 5.80. The van der Waals surface area contributed by atoms with Gasteiger partial charge in [0.25, 0.3) is 5.91 Å². The molecule has 19 heavy (non-hydrogen) atoms. The number of amides is 1. The molecule has 2 rings (SSSR count). The van der Waals surface area contributed by atoms with Crippen molar-refractivity contribution in [3.05, 3.63) is 53.9 Å². The number of pyridine rings is 1. The SMILES string of the molecule is CC(NC(=O)c1cc(O)ccc1O)c1ccncc1. The Kier molecular flexibility index (Phi) is 3.66. The summed E-state index contributed by atoms with van der Waals surface area (Å²) in [6.07, 6.45) is 3.29. The van der Waals surface area contributed by atoms with Gasteiger partial charge in [-0.2, -0.15) is 0 Å². The van der Waals surface area contributed by atoms with Crippen molar-refractivity contribution in [3.8, 4) is 11.5 Å². The predicted octanol–water partition coefficient (Wildman–Crippen LogP) is 1.98. The molecule has 1 aromatic heterocycles. The average Bonchev–Trinajstić information content (AvgIpc) is 2.42. The van der Waals surface area contributed by atoms with Gasteiger partial charge in [-0.15, -0.1) is 0 Å². The molecule has 0 saturated carbocycles. The molecule has 1 unspecified atom stereocenters. The fourth-order valence-electron chi connectivity index (χ4n) is 1.72. The molecule has 0 aliphatic carbocycles. The summed E-state index contributed by atoms with van der Waals surface area (Å²) in [6, 6.07) is 7.20. The largest absolute Gasteiger partial charge is 0.508 e. The van der Waals surface area contributed by atoms with E-state index in [9.17, 15) is 15.0 Å². The summed E-state index contributed by atoms with van der Waals surface area (Å²) in [6.45, 7) is 1.83. The van der Waals surface area contributed by atoms with E-state index in [0.717, 1.165) is 5.56 Å². The third-order valence-corrected chi connectivity index (χ3v) is 2.78. The van der Waals surface area contributed by atoms with E-state index >= 15 is 0 Å². The Morgan fingerprint density at radius 1 is 1.21 bits per heavy atom. The molecular weight excluding hydrogens is 244 g/mol. The molecule has 2 aromatic rings. The van der Waals surface area contributed by atoms with Crippen molar-refractivity contribution in [2.24, 2.45) is 0 Å². The minimum atomic E-state index is -0.447. The van der Waals surface area contributed by atoms with E-state index in [4.69, 9.17) is 0 Å². The summed E-state index contributed by atoms with van der Waals surface area (Å²) < 4.78 is 0. The van der Waals surface area contributed by atoms with Gasteiger partial charge in [0.05, 0.1) is 11.6 Å². The maximum atomic E-state index is 12.0. The Morgan fingerprint density at radius 3 is 2.58 bits per heavy atom. The quantitative estimate of drug-likeness (QED) is 0.735. The van der Waals surface area contributed by atoms with Crippen molar-refractivity contribution in [2.45, 2.75) is 13.0 Å². The monoisotopic (exact) mass is 258 g/mol. The zero-order valence-electron chi connectivity index (χ0n) is 10.4. The van der Waals surface area contributed by atoms with E-state index in [-0.39, 0.29) is 23.1 Å². The molecule has 1 aromatic carbocycles. The van der Waals surface area contributed by atoms with Gasteiger partial charge in [-0.25, -0.2) is 0 Å². The highest BCUT2D eigenvalue weighted by Gasteiger charge is 2.15. The van der Waals surface area contributed by atoms with Crippen LogP contribution in [0.5, 0.6) is 11.5 Å². The van der Waals surface area contributed by atoms with Gasteiger partial charge in [-0.1, -0.05) is 0 Å². The Balaban J connectivity index is 2.15. The van der Waals surface area contributed by atoms with Crippen LogP contribution in [0.15, 0.2) is 42.7 Å². The topological polar surface area (TPSA) is 82.5 Å². The van der Waals surface area contributed by atoms with Gasteiger partial charge in [0.1, 0.15) is 11.5 Å². The number of carbonyl (C=O) groups is 1. The first kappa shape index (κ1) is 12.9. The molecular formula is C14H14N2O3. The minimum absolute atomic E-state index is 0.0425. The van der Waals surface area contributed by atoms with Crippen molar-refractivity contribution in [3.63, 3.8) is 0 Å². The number of nitrogens with one attached hydrogen (secondary N) is 1. The van der Waals surface area contributed by atoms with E-state index in [2.05, 4.69) is 10.3 Å². The van der Waals surface area contributed by atoms with Crippen LogP contribution in [0.2, 0.25) is 0 Å². The van der Waals surface area contributed by atoms with Gasteiger partial charge >= 0.3 is 0 Å². The smallest absolute Gasteiger partial charge is 0.255 e. The molecule has 0 fully saturated rings. The fourth-order valence-corrected chi connectivity index (χ4v) is 1.72. The molecule has 0 bridgehead atoms. The molecule has 3 N–H and O–H groups in total. The van der Waals surface area contributed by atoms with Crippen LogP contribution in [0.1, 0.15) is 28.9 Å². The Bertz CT molecular complexity index is 584. The maximum absolute atomic E-state index is 12.0. The number of aromatic hydroxyl groups is 2. The molecule has 0 aliphatic rings. The molecule has 0 aliphatic heterocycles. The third kappa shape index (κ3) is 3.01. The lowest BCUT2D eigenvalue weighted by Gasteiger charge is -2.14. The highest BCUT2D eigenvalue weighted by Crippen LogP contribution is 2.22. The first-order chi connectivity index (χ1) is 9.08. The molecule has 5 heteroatoms. The highest BCUT2D eigenvalue weighted by atomic mass is 16.3. The summed E-state index contributed by atoms with van der Waals surface area (Å²) >= 11 is 0. The number of phenolic OH excluding ortho intramolecular Hbond substituents is 2. The van der Waals surface area contributed by atoms with Crippen LogP contribution in [-0.2, 0) is 0 Å². The number of hydrogen-bond acceptors (Lipinski definition) is 4. The molecule has 1 atom stereocenters. The molecule has 0 spiro atoms. The zero-order valence-corrected chi connectivity index (χ0v) is 10.4. The summed E-state index contributed by atoms with van der Waals surface area (Å²) in [7, 11) is 0. The van der Waals surface area contributed by atoms with Gasteiger partial charge in [-0.05, 0) is 42.8 Å². The summed E-state index contributed by atoms with van der Waals surface area (Å²) in [5.74, 6) is -0.686. The van der Waals surface area contributed by atoms with Gasteiger partial charge < -0.3 is 15.5 Å². The standard InChI is InChI=1S/C14H14N2O3/c1-9(10-4-6-15-7-5-10)16-14(19)12-8-11(17)2-3-13(12)18/h2-9,17-18H,1H3,(H,16,19). The van der Waals surface area contributed by atoms with Crippen LogP contribution in [0.4, 0.5) is 0 Å². The van der Waals surface area contributed by atoms with E-state index in [0.29, 0.717) is 0 Å². The second-order valence-electron chi connectivity index (χ2n) is 4.18. The number of nitrogens with zero attached hydrogens (tertiary/aromatic N) is 1. The second-order valence-corrected chi connectivity index (χ2v) is 4.18. The van der Waals surface area contributed by atoms with Crippen molar-refractivity contribution in [2.75, 3.05) is 0 Å². The van der Waals surface area contributed by atoms with Crippen LogP contribution >= 0.6 is 0 Å². The summed E-state index contributed by atoms with van der Waals surface area (Å²) in [4.78, 5) is 15.9. The van der Waals surface area contributed by atoms with Crippen molar-refractivity contribution >= 4 is 5.91 Å². The second kappa shape index (κ2) is 5.39. The van der Waals surface area contributed by atoms with E-state index < -0.39 is 5.91 Å². The molecule has 98 valence electrons. The Labute approximate surface area is 110 Å². The number of carbonyl (C=O) groups excluding carboxylic acids is 1. The molecule has 5 nitrogen and oxygen atoms in total. The number of phenols is 2. The van der Waals surface area contributed by atoms with E-state index in [1.807, 2.05) is 6.92 Å². The lowest BCUT2D eigenvalue weighted by Crippen LogP contribution is -2.26. The molecule has 0 saturated heterocycles. The van der Waals surface area contributed by atoms with Crippen LogP contribution in [0.3, 0.4) is 0 Å². The van der Waals surface area contributed by atoms with Gasteiger partial charge in [0.15, 0.2) is 0 Å². The molecule has 1 amide bonds. The number of benzene rings is 1. The van der Waals surface area contributed by atoms with Crippen LogP contribution in [0.25, 0.3) is 0 Å². The minimum Gasteiger partial charge on any atom is -0.508 e. The molecule has 0 radical (unpaired) electrons. The van der Waals surface area contributed by atoms with Crippen molar-refractivity contribution in [1.82, 2.24) is 10.3 Å². The highest BCUT2D eigenvalue weighted by molar-refractivity contribution is 5.97. The number of rotatable bonds is 3. The van der Waals surface area contributed by atoms with Crippen LogP contribution in [-0.4, -0.2) is 21.1 Å². The summed E-state index contributed by atoms with van der Waals surface area (Å²) in [5.41, 5.74) is 0.948. The summed E-state index contributed by atoms with van der Waals surface area (Å²) in [5, 5.41) is 21.7. The lowest BCUT2D eigenvalue weighted by molar-refractivity contribution is 0.0936. The lowest BCUT2D eigenvalue weighted by atomic mass is 10.1.